The van der Waals surface area contributed by atoms with E-state index in [2.05, 4.69) is 91.4 Å². The van der Waals surface area contributed by atoms with Gasteiger partial charge in [0.2, 0.25) is 5.95 Å². The van der Waals surface area contributed by atoms with Crippen LogP contribution in [0.15, 0.2) is 54.7 Å². The fraction of sp³-hybridized carbons (Fsp3) is 0.343. The first kappa shape index (κ1) is 31.1. The third-order valence-electron chi connectivity index (χ3n) is 8.41. The molecule has 10 nitrogen and oxygen atoms in total. The van der Waals surface area contributed by atoms with Crippen LogP contribution in [0.4, 0.5) is 21.7 Å². The first-order chi connectivity index (χ1) is 22.0. The summed E-state index contributed by atoms with van der Waals surface area (Å²) in [6.07, 6.45) is 2.55. The zero-order valence-corrected chi connectivity index (χ0v) is 27.8. The maximum absolute atomic E-state index is 15.7. The van der Waals surface area contributed by atoms with Crippen molar-refractivity contribution in [1.29, 1.82) is 0 Å². The molecule has 0 bridgehead atoms. The van der Waals surface area contributed by atoms with Crippen LogP contribution in [0.5, 0.6) is 0 Å². The van der Waals surface area contributed by atoms with E-state index in [4.69, 9.17) is 9.97 Å². The van der Waals surface area contributed by atoms with Gasteiger partial charge in [0.25, 0.3) is 0 Å². The van der Waals surface area contributed by atoms with Crippen LogP contribution in [0.25, 0.3) is 39.0 Å². The Morgan fingerprint density at radius 2 is 1.74 bits per heavy atom. The Balaban J connectivity index is 1.48. The lowest BCUT2D eigenvalue weighted by atomic mass is 10.0. The second-order valence-corrected chi connectivity index (χ2v) is 12.4. The minimum atomic E-state index is -0.407. The summed E-state index contributed by atoms with van der Waals surface area (Å²) in [5.74, 6) is 0.752. The van der Waals surface area contributed by atoms with Crippen LogP contribution in [-0.2, 0) is 6.42 Å². The molecule has 0 saturated heterocycles. The molecule has 3 aromatic heterocycles. The standard InChI is InChI=1S/C35H41FN10/c1-9-24-18-30(44(8)15-14-43(6)7)22(4)16-28(24)39-35-37-20-32(46-29-13-11-10-12-27(29)41-42-46)33(40-35)25-17-26(36)34-31(19-25)45(21(2)3)23(5)38-34/h10-13,16-21H,9,14-15H2,1-8H3,(H,37,39,40). The minimum absolute atomic E-state index is 0.0987. The number of likely N-dealkylation sites (N-methyl/N-ethyl adjacent to an activating group) is 2. The van der Waals surface area contributed by atoms with E-state index in [1.807, 2.05) is 41.8 Å². The third-order valence-corrected chi connectivity index (χ3v) is 8.41. The summed E-state index contributed by atoms with van der Waals surface area (Å²) in [6.45, 7) is 12.2. The van der Waals surface area contributed by atoms with Crippen molar-refractivity contribution in [1.82, 2.24) is 39.4 Å². The summed E-state index contributed by atoms with van der Waals surface area (Å²) in [4.78, 5) is 18.8. The molecule has 0 aliphatic rings. The van der Waals surface area contributed by atoms with Crippen molar-refractivity contribution < 1.29 is 4.39 Å². The molecule has 0 aliphatic heterocycles. The molecule has 0 atom stereocenters. The van der Waals surface area contributed by atoms with E-state index in [0.717, 1.165) is 53.2 Å². The molecular formula is C35H41FN10. The van der Waals surface area contributed by atoms with Crippen molar-refractivity contribution in [2.75, 3.05) is 44.4 Å². The first-order valence-electron chi connectivity index (χ1n) is 15.7. The lowest BCUT2D eigenvalue weighted by Crippen LogP contribution is -2.29. The van der Waals surface area contributed by atoms with E-state index in [0.29, 0.717) is 33.9 Å². The summed E-state index contributed by atoms with van der Waals surface area (Å²) in [5.41, 5.74) is 8.74. The Morgan fingerprint density at radius 3 is 2.48 bits per heavy atom. The van der Waals surface area contributed by atoms with Gasteiger partial charge in [-0.1, -0.05) is 24.3 Å². The highest BCUT2D eigenvalue weighted by molar-refractivity contribution is 5.86. The summed E-state index contributed by atoms with van der Waals surface area (Å²) >= 11 is 0. The van der Waals surface area contributed by atoms with Gasteiger partial charge in [-0.3, -0.25) is 0 Å². The predicted molar refractivity (Wildman–Crippen MR) is 184 cm³/mol. The van der Waals surface area contributed by atoms with Crippen LogP contribution in [0.3, 0.4) is 0 Å². The highest BCUT2D eigenvalue weighted by Gasteiger charge is 2.21. The Morgan fingerprint density at radius 1 is 0.957 bits per heavy atom. The summed E-state index contributed by atoms with van der Waals surface area (Å²) in [7, 11) is 6.30. The Hall–Kier alpha value is -4.90. The topological polar surface area (TPSA) is 92.8 Å². The van der Waals surface area contributed by atoms with Gasteiger partial charge in [0.1, 0.15) is 28.2 Å². The molecule has 3 aromatic carbocycles. The minimum Gasteiger partial charge on any atom is -0.373 e. The van der Waals surface area contributed by atoms with Crippen molar-refractivity contribution in [2.24, 2.45) is 0 Å². The van der Waals surface area contributed by atoms with Crippen molar-refractivity contribution >= 4 is 39.4 Å². The van der Waals surface area contributed by atoms with Crippen molar-refractivity contribution in [2.45, 2.75) is 47.1 Å². The number of aromatic nitrogens is 7. The molecule has 46 heavy (non-hydrogen) atoms. The van der Waals surface area contributed by atoms with E-state index in [9.17, 15) is 0 Å². The number of halogens is 1. The van der Waals surface area contributed by atoms with Crippen LogP contribution in [-0.4, -0.2) is 73.6 Å². The lowest BCUT2D eigenvalue weighted by Gasteiger charge is -2.25. The second-order valence-electron chi connectivity index (χ2n) is 12.4. The number of aryl methyl sites for hydroxylation is 3. The summed E-state index contributed by atoms with van der Waals surface area (Å²) in [5, 5.41) is 12.3. The molecule has 0 aliphatic carbocycles. The molecule has 3 heterocycles. The third kappa shape index (κ3) is 5.78. The molecule has 6 aromatic rings. The van der Waals surface area contributed by atoms with Gasteiger partial charge in [-0.15, -0.1) is 5.10 Å². The summed E-state index contributed by atoms with van der Waals surface area (Å²) in [6, 6.07) is 15.6. The molecular weight excluding hydrogens is 579 g/mol. The van der Waals surface area contributed by atoms with Gasteiger partial charge >= 0.3 is 0 Å². The van der Waals surface area contributed by atoms with E-state index in [1.165, 1.54) is 11.8 Å². The first-order valence-corrected chi connectivity index (χ1v) is 15.7. The average Bonchev–Trinajstić information content (AvgIpc) is 3.61. The zero-order valence-electron chi connectivity index (χ0n) is 27.8. The van der Waals surface area contributed by atoms with Crippen LogP contribution in [0.1, 0.15) is 43.8 Å². The molecule has 11 heteroatoms. The number of imidazole rings is 1. The SMILES string of the molecule is CCc1cc(N(C)CCN(C)C)c(C)cc1Nc1ncc(-n2nnc3ccccc32)c(-c2cc(F)c3nc(C)n(C(C)C)c3c2)n1. The number of nitrogens with zero attached hydrogens (tertiary/aromatic N) is 9. The molecule has 0 unspecified atom stereocenters. The smallest absolute Gasteiger partial charge is 0.227 e. The highest BCUT2D eigenvalue weighted by atomic mass is 19.1. The molecule has 1 N–H and O–H groups in total. The van der Waals surface area contributed by atoms with Gasteiger partial charge in [0, 0.05) is 43.1 Å². The average molecular weight is 621 g/mol. The monoisotopic (exact) mass is 620 g/mol. The molecule has 6 rings (SSSR count). The van der Waals surface area contributed by atoms with Crippen molar-refractivity contribution in [3.05, 3.63) is 77.5 Å². The Bertz CT molecular complexity index is 2040. The number of hydrogen-bond acceptors (Lipinski definition) is 8. The molecule has 238 valence electrons. The number of anilines is 3. The van der Waals surface area contributed by atoms with Gasteiger partial charge in [0.05, 0.1) is 17.2 Å². The number of rotatable bonds is 10. The molecule has 0 saturated carbocycles. The van der Waals surface area contributed by atoms with Gasteiger partial charge in [-0.2, -0.15) is 0 Å². The largest absolute Gasteiger partial charge is 0.373 e. The van der Waals surface area contributed by atoms with E-state index >= 15 is 4.39 Å². The van der Waals surface area contributed by atoms with Crippen molar-refractivity contribution in [3.8, 4) is 16.9 Å². The molecule has 0 fully saturated rings. The molecule has 0 amide bonds. The van der Waals surface area contributed by atoms with E-state index in [-0.39, 0.29) is 6.04 Å². The fourth-order valence-electron chi connectivity index (χ4n) is 6.06. The molecule has 0 radical (unpaired) electrons. The fourth-order valence-corrected chi connectivity index (χ4v) is 6.06. The number of fused-ring (bicyclic) bond motifs is 2. The summed E-state index contributed by atoms with van der Waals surface area (Å²) < 4.78 is 19.5. The maximum atomic E-state index is 15.7. The molecule has 0 spiro atoms. The van der Waals surface area contributed by atoms with Gasteiger partial charge in [-0.25, -0.2) is 24.0 Å². The van der Waals surface area contributed by atoms with Crippen LogP contribution >= 0.6 is 0 Å². The van der Waals surface area contributed by atoms with E-state index in [1.54, 1.807) is 10.9 Å². The number of hydrogen-bond donors (Lipinski definition) is 1. The second kappa shape index (κ2) is 12.5. The number of nitrogens with one attached hydrogen (secondary N) is 1. The highest BCUT2D eigenvalue weighted by Crippen LogP contribution is 2.34. The Labute approximate surface area is 268 Å². The van der Waals surface area contributed by atoms with Crippen LogP contribution in [0, 0.1) is 19.7 Å². The van der Waals surface area contributed by atoms with Crippen molar-refractivity contribution in [3.63, 3.8) is 0 Å². The van der Waals surface area contributed by atoms with E-state index < -0.39 is 5.82 Å². The quantitative estimate of drug-likeness (QED) is 0.177. The maximum Gasteiger partial charge on any atom is 0.227 e. The lowest BCUT2D eigenvalue weighted by molar-refractivity contribution is 0.416. The Kier molecular flexibility index (Phi) is 8.43. The van der Waals surface area contributed by atoms with Gasteiger partial charge in [0.15, 0.2) is 5.82 Å². The van der Waals surface area contributed by atoms with Crippen LogP contribution in [0.2, 0.25) is 0 Å². The van der Waals surface area contributed by atoms with Gasteiger partial charge < -0.3 is 19.7 Å². The van der Waals surface area contributed by atoms with Crippen LogP contribution < -0.4 is 10.2 Å². The predicted octanol–water partition coefficient (Wildman–Crippen LogP) is 6.87. The number of para-hydroxylation sites is 1. The zero-order chi connectivity index (χ0) is 32.7. The van der Waals surface area contributed by atoms with Gasteiger partial charge in [-0.05, 0) is 95.7 Å². The normalized spacial score (nSPS) is 11.8. The number of benzene rings is 3.